The van der Waals surface area contributed by atoms with Gasteiger partial charge >= 0.3 is 5.97 Å². The summed E-state index contributed by atoms with van der Waals surface area (Å²) in [6.45, 7) is 2.32. The van der Waals surface area contributed by atoms with Crippen LogP contribution in [0.2, 0.25) is 0 Å². The molecular weight excluding hydrogens is 192 g/mol. The van der Waals surface area contributed by atoms with E-state index in [1.807, 2.05) is 6.92 Å². The van der Waals surface area contributed by atoms with Gasteiger partial charge in [-0.3, -0.25) is 4.79 Å². The maximum atomic E-state index is 11.3. The molecule has 70 valence electrons. The molecule has 1 heterocycles. The standard InChI is InChI=1S/C8H14O2S2/c1-2-10-8(9)6-3-7(11)5-12-4-6/h6-7,11H,2-5H2,1H3/t6-,7+/m1/s1. The SMILES string of the molecule is CCOC(=O)[C@H]1CSC[C@@H](S)C1. The second-order valence-corrected chi connectivity index (χ2v) is 4.68. The van der Waals surface area contributed by atoms with Crippen molar-refractivity contribution in [3.8, 4) is 0 Å². The molecule has 0 radical (unpaired) electrons. The van der Waals surface area contributed by atoms with E-state index in [1.165, 1.54) is 0 Å². The van der Waals surface area contributed by atoms with E-state index in [0.717, 1.165) is 17.9 Å². The fraction of sp³-hybridized carbons (Fsp3) is 0.875. The third-order valence-electron chi connectivity index (χ3n) is 1.81. The molecule has 0 unspecified atom stereocenters. The van der Waals surface area contributed by atoms with Gasteiger partial charge in [-0.05, 0) is 13.3 Å². The van der Waals surface area contributed by atoms with Crippen LogP contribution >= 0.6 is 24.4 Å². The summed E-state index contributed by atoms with van der Waals surface area (Å²) in [7, 11) is 0. The van der Waals surface area contributed by atoms with E-state index in [9.17, 15) is 4.79 Å². The Hall–Kier alpha value is 0.170. The molecule has 1 rings (SSSR count). The summed E-state index contributed by atoms with van der Waals surface area (Å²) in [4.78, 5) is 11.3. The lowest BCUT2D eigenvalue weighted by Crippen LogP contribution is -2.28. The van der Waals surface area contributed by atoms with Crippen molar-refractivity contribution in [2.75, 3.05) is 18.1 Å². The highest BCUT2D eigenvalue weighted by atomic mass is 32.2. The summed E-state index contributed by atoms with van der Waals surface area (Å²) in [6, 6.07) is 0. The lowest BCUT2D eigenvalue weighted by atomic mass is 10.1. The van der Waals surface area contributed by atoms with Crippen molar-refractivity contribution < 1.29 is 9.53 Å². The van der Waals surface area contributed by atoms with Gasteiger partial charge in [-0.2, -0.15) is 24.4 Å². The zero-order chi connectivity index (χ0) is 8.97. The van der Waals surface area contributed by atoms with E-state index in [1.54, 1.807) is 11.8 Å². The van der Waals surface area contributed by atoms with Crippen molar-refractivity contribution in [3.63, 3.8) is 0 Å². The molecule has 0 spiro atoms. The first-order valence-corrected chi connectivity index (χ1v) is 5.83. The maximum absolute atomic E-state index is 11.3. The number of thiol groups is 1. The molecule has 1 fully saturated rings. The van der Waals surface area contributed by atoms with Crippen molar-refractivity contribution in [2.24, 2.45) is 5.92 Å². The molecular formula is C8H14O2S2. The summed E-state index contributed by atoms with van der Waals surface area (Å²) >= 11 is 6.14. The van der Waals surface area contributed by atoms with Gasteiger partial charge in [0.15, 0.2) is 0 Å². The molecule has 0 saturated carbocycles. The fourth-order valence-electron chi connectivity index (χ4n) is 1.24. The van der Waals surface area contributed by atoms with Crippen LogP contribution in [0, 0.1) is 5.92 Å². The zero-order valence-electron chi connectivity index (χ0n) is 7.16. The molecule has 2 atom stereocenters. The van der Waals surface area contributed by atoms with Gasteiger partial charge in [0.05, 0.1) is 12.5 Å². The molecule has 1 aliphatic rings. The molecule has 4 heteroatoms. The lowest BCUT2D eigenvalue weighted by Gasteiger charge is -2.23. The monoisotopic (exact) mass is 206 g/mol. The highest BCUT2D eigenvalue weighted by Crippen LogP contribution is 2.26. The first-order chi connectivity index (χ1) is 5.74. The van der Waals surface area contributed by atoms with Crippen molar-refractivity contribution in [2.45, 2.75) is 18.6 Å². The smallest absolute Gasteiger partial charge is 0.309 e. The fourth-order valence-corrected chi connectivity index (χ4v) is 2.91. The number of hydrogen-bond acceptors (Lipinski definition) is 4. The Morgan fingerprint density at radius 3 is 3.00 bits per heavy atom. The second kappa shape index (κ2) is 5.02. The molecule has 0 N–H and O–H groups in total. The number of hydrogen-bond donors (Lipinski definition) is 1. The molecule has 1 aliphatic heterocycles. The largest absolute Gasteiger partial charge is 0.466 e. The Balaban J connectivity index is 2.35. The zero-order valence-corrected chi connectivity index (χ0v) is 8.87. The van der Waals surface area contributed by atoms with E-state index in [-0.39, 0.29) is 11.9 Å². The quantitative estimate of drug-likeness (QED) is 0.549. The van der Waals surface area contributed by atoms with Crippen LogP contribution < -0.4 is 0 Å². The Labute approximate surface area is 82.8 Å². The Morgan fingerprint density at radius 2 is 2.42 bits per heavy atom. The Kier molecular flexibility index (Phi) is 4.29. The summed E-state index contributed by atoms with van der Waals surface area (Å²) in [5, 5.41) is 0.359. The molecule has 1 saturated heterocycles. The van der Waals surface area contributed by atoms with Crippen molar-refractivity contribution in [1.29, 1.82) is 0 Å². The van der Waals surface area contributed by atoms with Crippen LogP contribution in [0.1, 0.15) is 13.3 Å². The molecule has 0 aliphatic carbocycles. The van der Waals surface area contributed by atoms with E-state index < -0.39 is 0 Å². The van der Waals surface area contributed by atoms with Crippen molar-refractivity contribution in [3.05, 3.63) is 0 Å². The van der Waals surface area contributed by atoms with Crippen LogP contribution in [0.5, 0.6) is 0 Å². The molecule has 0 aromatic heterocycles. The van der Waals surface area contributed by atoms with Crippen molar-refractivity contribution in [1.82, 2.24) is 0 Å². The van der Waals surface area contributed by atoms with Gasteiger partial charge in [-0.15, -0.1) is 0 Å². The number of carbonyl (C=O) groups is 1. The minimum Gasteiger partial charge on any atom is -0.466 e. The summed E-state index contributed by atoms with van der Waals surface area (Å²) in [5.74, 6) is 1.98. The number of thioether (sulfide) groups is 1. The Bertz CT molecular complexity index is 161. The van der Waals surface area contributed by atoms with Gasteiger partial charge < -0.3 is 4.74 Å². The van der Waals surface area contributed by atoms with Crippen LogP contribution in [0.3, 0.4) is 0 Å². The lowest BCUT2D eigenvalue weighted by molar-refractivity contribution is -0.147. The summed E-state index contributed by atoms with van der Waals surface area (Å²) in [5.41, 5.74) is 0. The predicted molar refractivity (Wildman–Crippen MR) is 54.8 cm³/mol. The van der Waals surface area contributed by atoms with E-state index in [4.69, 9.17) is 4.74 Å². The van der Waals surface area contributed by atoms with E-state index in [2.05, 4.69) is 12.6 Å². The van der Waals surface area contributed by atoms with E-state index >= 15 is 0 Å². The highest BCUT2D eigenvalue weighted by Gasteiger charge is 2.26. The first kappa shape index (κ1) is 10.3. The molecule has 0 bridgehead atoms. The third kappa shape index (κ3) is 2.90. The van der Waals surface area contributed by atoms with Gasteiger partial charge in [-0.1, -0.05) is 0 Å². The summed E-state index contributed by atoms with van der Waals surface area (Å²) < 4.78 is 4.94. The molecule has 0 aromatic carbocycles. The molecule has 2 nitrogen and oxygen atoms in total. The minimum absolute atomic E-state index is 0.0521. The van der Waals surface area contributed by atoms with E-state index in [0.29, 0.717) is 11.9 Å². The van der Waals surface area contributed by atoms with Gasteiger partial charge in [0, 0.05) is 16.8 Å². The second-order valence-electron chi connectivity index (χ2n) is 2.88. The number of ether oxygens (including phenoxy) is 1. The minimum atomic E-state index is -0.0521. The maximum Gasteiger partial charge on any atom is 0.309 e. The van der Waals surface area contributed by atoms with Crippen LogP contribution in [0.25, 0.3) is 0 Å². The molecule has 0 amide bonds. The van der Waals surface area contributed by atoms with Crippen LogP contribution in [-0.2, 0) is 9.53 Å². The van der Waals surface area contributed by atoms with Gasteiger partial charge in [0.25, 0.3) is 0 Å². The van der Waals surface area contributed by atoms with Crippen LogP contribution in [0.4, 0.5) is 0 Å². The first-order valence-electron chi connectivity index (χ1n) is 4.16. The topological polar surface area (TPSA) is 26.3 Å². The van der Waals surface area contributed by atoms with Gasteiger partial charge in [-0.25, -0.2) is 0 Å². The predicted octanol–water partition coefficient (Wildman–Crippen LogP) is 1.60. The van der Waals surface area contributed by atoms with Gasteiger partial charge in [0.2, 0.25) is 0 Å². The highest BCUT2D eigenvalue weighted by molar-refractivity contribution is 8.00. The number of esters is 1. The average molecular weight is 206 g/mol. The normalized spacial score (nSPS) is 29.8. The van der Waals surface area contributed by atoms with Crippen LogP contribution in [0.15, 0.2) is 0 Å². The third-order valence-corrected chi connectivity index (χ3v) is 3.72. The van der Waals surface area contributed by atoms with Crippen molar-refractivity contribution >= 4 is 30.4 Å². The number of carbonyl (C=O) groups excluding carboxylic acids is 1. The Morgan fingerprint density at radius 1 is 1.67 bits per heavy atom. The number of rotatable bonds is 2. The molecule has 12 heavy (non-hydrogen) atoms. The summed E-state index contributed by atoms with van der Waals surface area (Å²) in [6.07, 6.45) is 0.870. The van der Waals surface area contributed by atoms with Crippen LogP contribution in [-0.4, -0.2) is 29.3 Å². The average Bonchev–Trinajstić information content (AvgIpc) is 2.05. The molecule has 0 aromatic rings. The van der Waals surface area contributed by atoms with Gasteiger partial charge in [0.1, 0.15) is 0 Å².